The molecule has 0 rings (SSSR count). The lowest BCUT2D eigenvalue weighted by Gasteiger charge is -2.07. The van der Waals surface area contributed by atoms with Gasteiger partial charge in [0, 0.05) is 5.57 Å². The van der Waals surface area contributed by atoms with E-state index >= 15 is 0 Å². The molecule has 0 bridgehead atoms. The summed E-state index contributed by atoms with van der Waals surface area (Å²) in [6.07, 6.45) is -0.453. The largest absolute Gasteiger partial charge is 0.481 e. The highest BCUT2D eigenvalue weighted by molar-refractivity contribution is 5.88. The van der Waals surface area contributed by atoms with E-state index in [1.807, 2.05) is 0 Å². The summed E-state index contributed by atoms with van der Waals surface area (Å²) >= 11 is 0. The smallest absolute Gasteiger partial charge is 0.333 e. The molecule has 0 aromatic carbocycles. The van der Waals surface area contributed by atoms with Gasteiger partial charge in [-0.05, 0) is 20.8 Å². The second-order valence-electron chi connectivity index (χ2n) is 3.88. The van der Waals surface area contributed by atoms with E-state index in [9.17, 15) is 14.4 Å². The summed E-state index contributed by atoms with van der Waals surface area (Å²) in [7, 11) is 0. The van der Waals surface area contributed by atoms with Crippen LogP contribution in [0, 0.1) is 0 Å². The third kappa shape index (κ3) is 7.43. The maximum atomic E-state index is 11.3. The summed E-state index contributed by atoms with van der Waals surface area (Å²) in [4.78, 5) is 32.5. The normalized spacial score (nSPS) is 9.50. The third-order valence-electron chi connectivity index (χ3n) is 2.18. The van der Waals surface area contributed by atoms with Gasteiger partial charge in [0.2, 0.25) is 0 Å². The molecule has 0 aliphatic rings. The highest BCUT2D eigenvalue weighted by Crippen LogP contribution is 2.03. The SMILES string of the molecule is CC(C)=C(C)C(=O)OCCOC(=O)CCC(=O)O. The van der Waals surface area contributed by atoms with Gasteiger partial charge in [-0.15, -0.1) is 0 Å². The Balaban J connectivity index is 3.75. The lowest BCUT2D eigenvalue weighted by atomic mass is 10.2. The van der Waals surface area contributed by atoms with Gasteiger partial charge < -0.3 is 14.6 Å². The van der Waals surface area contributed by atoms with E-state index in [0.29, 0.717) is 5.57 Å². The molecule has 6 heteroatoms. The van der Waals surface area contributed by atoms with Gasteiger partial charge in [0.1, 0.15) is 13.2 Å². The number of hydrogen-bond donors (Lipinski definition) is 1. The third-order valence-corrected chi connectivity index (χ3v) is 2.18. The van der Waals surface area contributed by atoms with Crippen molar-refractivity contribution >= 4 is 17.9 Å². The van der Waals surface area contributed by atoms with Crippen LogP contribution in [0.25, 0.3) is 0 Å². The van der Waals surface area contributed by atoms with Crippen LogP contribution in [0.1, 0.15) is 33.6 Å². The van der Waals surface area contributed by atoms with Crippen LogP contribution in [0.2, 0.25) is 0 Å². The number of carboxylic acid groups (broad SMARTS) is 1. The first-order chi connectivity index (χ1) is 8.34. The number of carbonyl (C=O) groups excluding carboxylic acids is 2. The Kier molecular flexibility index (Phi) is 7.42. The summed E-state index contributed by atoms with van der Waals surface area (Å²) in [6, 6.07) is 0. The summed E-state index contributed by atoms with van der Waals surface area (Å²) in [5.74, 6) is -2.12. The summed E-state index contributed by atoms with van der Waals surface area (Å²) in [6.45, 7) is 5.13. The van der Waals surface area contributed by atoms with Crippen molar-refractivity contribution in [2.24, 2.45) is 0 Å². The molecule has 0 aromatic heterocycles. The number of aliphatic carboxylic acids is 1. The highest BCUT2D eigenvalue weighted by Gasteiger charge is 2.09. The van der Waals surface area contributed by atoms with Crippen LogP contribution in [0.4, 0.5) is 0 Å². The molecule has 0 aromatic rings. The van der Waals surface area contributed by atoms with Crippen molar-refractivity contribution in [2.75, 3.05) is 13.2 Å². The molecule has 0 fully saturated rings. The van der Waals surface area contributed by atoms with Crippen LogP contribution < -0.4 is 0 Å². The summed E-state index contributed by atoms with van der Waals surface area (Å²) < 4.78 is 9.54. The minimum atomic E-state index is -1.06. The molecule has 0 amide bonds. The molecule has 0 aliphatic carbocycles. The first-order valence-corrected chi connectivity index (χ1v) is 5.53. The molecule has 0 saturated carbocycles. The molecule has 102 valence electrons. The fourth-order valence-electron chi connectivity index (χ4n) is 0.883. The number of carbonyl (C=O) groups is 3. The maximum Gasteiger partial charge on any atom is 0.333 e. The number of allylic oxidation sites excluding steroid dienone is 1. The molecule has 0 saturated heterocycles. The quantitative estimate of drug-likeness (QED) is 0.420. The Hall–Kier alpha value is -1.85. The van der Waals surface area contributed by atoms with E-state index in [2.05, 4.69) is 4.74 Å². The van der Waals surface area contributed by atoms with Crippen molar-refractivity contribution in [3.8, 4) is 0 Å². The Morgan fingerprint density at radius 2 is 1.50 bits per heavy atom. The molecule has 0 aliphatic heterocycles. The van der Waals surface area contributed by atoms with Crippen molar-refractivity contribution in [2.45, 2.75) is 33.6 Å². The van der Waals surface area contributed by atoms with E-state index in [0.717, 1.165) is 5.57 Å². The first-order valence-electron chi connectivity index (χ1n) is 5.53. The molecule has 0 spiro atoms. The van der Waals surface area contributed by atoms with Gasteiger partial charge in [0.25, 0.3) is 0 Å². The number of ether oxygens (including phenoxy) is 2. The lowest BCUT2D eigenvalue weighted by Crippen LogP contribution is -2.15. The Morgan fingerprint density at radius 1 is 0.944 bits per heavy atom. The van der Waals surface area contributed by atoms with Gasteiger partial charge in [-0.2, -0.15) is 0 Å². The van der Waals surface area contributed by atoms with Crippen molar-refractivity contribution in [3.05, 3.63) is 11.1 Å². The monoisotopic (exact) mass is 258 g/mol. The van der Waals surface area contributed by atoms with Crippen LogP contribution in [0.3, 0.4) is 0 Å². The zero-order chi connectivity index (χ0) is 14.1. The number of esters is 2. The molecule has 0 radical (unpaired) electrons. The molecule has 0 heterocycles. The lowest BCUT2D eigenvalue weighted by molar-refractivity contribution is -0.151. The van der Waals surface area contributed by atoms with Crippen molar-refractivity contribution < 1.29 is 29.0 Å². The Labute approximate surface area is 106 Å². The molecule has 18 heavy (non-hydrogen) atoms. The van der Waals surface area contributed by atoms with Crippen molar-refractivity contribution in [3.63, 3.8) is 0 Å². The average molecular weight is 258 g/mol. The van der Waals surface area contributed by atoms with Crippen molar-refractivity contribution in [1.82, 2.24) is 0 Å². The molecular formula is C12H18O6. The van der Waals surface area contributed by atoms with E-state index in [4.69, 9.17) is 9.84 Å². The predicted octanol–water partition coefficient (Wildman–Crippen LogP) is 1.29. The van der Waals surface area contributed by atoms with Gasteiger partial charge in [-0.3, -0.25) is 9.59 Å². The van der Waals surface area contributed by atoms with E-state index in [1.54, 1.807) is 20.8 Å². The summed E-state index contributed by atoms with van der Waals surface area (Å²) in [5.41, 5.74) is 1.38. The van der Waals surface area contributed by atoms with Gasteiger partial charge in [-0.1, -0.05) is 5.57 Å². The maximum absolute atomic E-state index is 11.3. The van der Waals surface area contributed by atoms with Gasteiger partial charge in [0.15, 0.2) is 0 Å². The Bertz CT molecular complexity index is 352. The zero-order valence-electron chi connectivity index (χ0n) is 10.8. The van der Waals surface area contributed by atoms with E-state index in [-0.39, 0.29) is 26.1 Å². The fourth-order valence-corrected chi connectivity index (χ4v) is 0.883. The topological polar surface area (TPSA) is 89.9 Å². The standard InChI is InChI=1S/C12H18O6/c1-8(2)9(3)12(16)18-7-6-17-11(15)5-4-10(13)14/h4-7H2,1-3H3,(H,13,14). The van der Waals surface area contributed by atoms with Crippen LogP contribution in [0.5, 0.6) is 0 Å². The van der Waals surface area contributed by atoms with Crippen LogP contribution >= 0.6 is 0 Å². The second-order valence-corrected chi connectivity index (χ2v) is 3.88. The van der Waals surface area contributed by atoms with Gasteiger partial charge in [0.05, 0.1) is 12.8 Å². The van der Waals surface area contributed by atoms with E-state index < -0.39 is 17.9 Å². The predicted molar refractivity (Wildman–Crippen MR) is 62.8 cm³/mol. The second kappa shape index (κ2) is 8.27. The van der Waals surface area contributed by atoms with Crippen LogP contribution in [-0.4, -0.2) is 36.2 Å². The molecule has 1 N–H and O–H groups in total. The molecular weight excluding hydrogens is 240 g/mol. The summed E-state index contributed by atoms with van der Waals surface area (Å²) in [5, 5.41) is 8.34. The van der Waals surface area contributed by atoms with E-state index in [1.165, 1.54) is 0 Å². The molecule has 0 atom stereocenters. The molecule has 6 nitrogen and oxygen atoms in total. The zero-order valence-corrected chi connectivity index (χ0v) is 10.8. The Morgan fingerprint density at radius 3 is 2.00 bits per heavy atom. The van der Waals surface area contributed by atoms with Crippen LogP contribution in [-0.2, 0) is 23.9 Å². The van der Waals surface area contributed by atoms with Gasteiger partial charge >= 0.3 is 17.9 Å². The minimum Gasteiger partial charge on any atom is -0.481 e. The number of rotatable bonds is 7. The van der Waals surface area contributed by atoms with Crippen molar-refractivity contribution in [1.29, 1.82) is 0 Å². The number of hydrogen-bond acceptors (Lipinski definition) is 5. The van der Waals surface area contributed by atoms with Gasteiger partial charge in [-0.25, -0.2) is 4.79 Å². The average Bonchev–Trinajstić information content (AvgIpc) is 2.30. The number of carboxylic acids is 1. The fraction of sp³-hybridized carbons (Fsp3) is 0.583. The highest BCUT2D eigenvalue weighted by atomic mass is 16.6. The molecule has 0 unspecified atom stereocenters. The minimum absolute atomic E-state index is 0.0394. The van der Waals surface area contributed by atoms with Crippen LogP contribution in [0.15, 0.2) is 11.1 Å². The first kappa shape index (κ1) is 16.1.